The topological polar surface area (TPSA) is 110 Å². The van der Waals surface area contributed by atoms with Crippen molar-refractivity contribution in [2.45, 2.75) is 33.2 Å². The lowest BCUT2D eigenvalue weighted by molar-refractivity contribution is -0.143. The Balaban J connectivity index is 1.76. The fourth-order valence-electron chi connectivity index (χ4n) is 3.85. The Kier molecular flexibility index (Phi) is 5.57. The number of carboxylic acids is 1. The number of hydrogen-bond donors (Lipinski definition) is 2. The molecule has 0 spiro atoms. The van der Waals surface area contributed by atoms with Gasteiger partial charge in [0, 0.05) is 22.4 Å². The van der Waals surface area contributed by atoms with Crippen LogP contribution in [0.4, 0.5) is 0 Å². The molecule has 4 aromatic rings. The second kappa shape index (κ2) is 8.34. The molecule has 0 unspecified atom stereocenters. The zero-order valence-corrected chi connectivity index (χ0v) is 18.0. The maximum absolute atomic E-state index is 12.6. The van der Waals surface area contributed by atoms with Crippen LogP contribution in [0.5, 0.6) is 0 Å². The molecule has 0 radical (unpaired) electrons. The number of carbonyl (C=O) groups is 2. The monoisotopic (exact) mass is 433 g/mol. The summed E-state index contributed by atoms with van der Waals surface area (Å²) in [7, 11) is 0. The molecule has 0 saturated carbocycles. The van der Waals surface area contributed by atoms with Crippen molar-refractivity contribution in [2.75, 3.05) is 0 Å². The fourth-order valence-corrected chi connectivity index (χ4v) is 3.85. The Labute approximate surface area is 183 Å². The Morgan fingerprint density at radius 2 is 1.78 bits per heavy atom. The van der Waals surface area contributed by atoms with Crippen LogP contribution in [0.15, 0.2) is 62.4 Å². The van der Waals surface area contributed by atoms with Crippen LogP contribution >= 0.6 is 0 Å². The largest absolute Gasteiger partial charge is 0.480 e. The van der Waals surface area contributed by atoms with Gasteiger partial charge in [-0.25, -0.2) is 9.59 Å². The standard InChI is InChI=1S/C25H23NO6/c1-13(2)23(24(28)29)26-22(27)10-17-14(3)16-9-18-19(15-7-5-4-6-8-15)12-31-20(18)11-21(16)32-25(17)30/h4-9,11-13,23H,10H2,1-3H3,(H,26,27)(H,28,29)/t23-/m0/s1. The minimum Gasteiger partial charge on any atom is -0.480 e. The zero-order chi connectivity index (χ0) is 23.0. The molecule has 0 fully saturated rings. The molecule has 2 aromatic carbocycles. The number of rotatable bonds is 6. The van der Waals surface area contributed by atoms with E-state index in [2.05, 4.69) is 5.32 Å². The molecule has 7 nitrogen and oxygen atoms in total. The summed E-state index contributed by atoms with van der Waals surface area (Å²) in [5.74, 6) is -1.96. The summed E-state index contributed by atoms with van der Waals surface area (Å²) in [5.41, 5.74) is 3.05. The Morgan fingerprint density at radius 1 is 1.06 bits per heavy atom. The van der Waals surface area contributed by atoms with Gasteiger partial charge in [0.15, 0.2) is 0 Å². The van der Waals surface area contributed by atoms with Gasteiger partial charge in [-0.15, -0.1) is 0 Å². The number of carboxylic acid groups (broad SMARTS) is 1. The van der Waals surface area contributed by atoms with Crippen LogP contribution < -0.4 is 10.9 Å². The van der Waals surface area contributed by atoms with Gasteiger partial charge in [-0.05, 0) is 30.0 Å². The highest BCUT2D eigenvalue weighted by Gasteiger charge is 2.25. The summed E-state index contributed by atoms with van der Waals surface area (Å²) in [4.78, 5) is 36.5. The summed E-state index contributed by atoms with van der Waals surface area (Å²) >= 11 is 0. The summed E-state index contributed by atoms with van der Waals surface area (Å²) in [5, 5.41) is 13.3. The molecule has 1 amide bonds. The Bertz CT molecular complexity index is 1380. The average molecular weight is 433 g/mol. The second-order valence-corrected chi connectivity index (χ2v) is 8.16. The quantitative estimate of drug-likeness (QED) is 0.439. The molecule has 1 atom stereocenters. The first-order valence-electron chi connectivity index (χ1n) is 10.3. The lowest BCUT2D eigenvalue weighted by Gasteiger charge is -2.18. The van der Waals surface area contributed by atoms with Gasteiger partial charge in [-0.2, -0.15) is 0 Å². The van der Waals surface area contributed by atoms with E-state index in [0.29, 0.717) is 22.1 Å². The van der Waals surface area contributed by atoms with E-state index in [1.165, 1.54) is 0 Å². The molecule has 2 heterocycles. The van der Waals surface area contributed by atoms with Crippen LogP contribution in [-0.2, 0) is 16.0 Å². The average Bonchev–Trinajstić information content (AvgIpc) is 3.17. The van der Waals surface area contributed by atoms with Gasteiger partial charge in [0.25, 0.3) is 0 Å². The van der Waals surface area contributed by atoms with E-state index in [1.54, 1.807) is 33.1 Å². The molecule has 164 valence electrons. The lowest BCUT2D eigenvalue weighted by atomic mass is 9.99. The van der Waals surface area contributed by atoms with E-state index in [1.807, 2.05) is 36.4 Å². The van der Waals surface area contributed by atoms with Crippen LogP contribution in [0.2, 0.25) is 0 Å². The van der Waals surface area contributed by atoms with Gasteiger partial charge in [-0.1, -0.05) is 44.2 Å². The van der Waals surface area contributed by atoms with Crippen LogP contribution in [0.1, 0.15) is 25.0 Å². The fraction of sp³-hybridized carbons (Fsp3) is 0.240. The first-order chi connectivity index (χ1) is 15.3. The SMILES string of the molecule is Cc1c(CC(=O)N[C@H](C(=O)O)C(C)C)c(=O)oc2cc3occ(-c4ccccc4)c3cc12. The van der Waals surface area contributed by atoms with E-state index in [4.69, 9.17) is 8.83 Å². The third-order valence-electron chi connectivity index (χ3n) is 5.65. The molecule has 0 bridgehead atoms. The third kappa shape index (κ3) is 3.89. The molecule has 2 aromatic heterocycles. The normalized spacial score (nSPS) is 12.4. The third-order valence-corrected chi connectivity index (χ3v) is 5.65. The molecule has 0 aliphatic carbocycles. The van der Waals surface area contributed by atoms with Gasteiger partial charge in [0.2, 0.25) is 5.91 Å². The van der Waals surface area contributed by atoms with E-state index < -0.39 is 23.5 Å². The summed E-state index contributed by atoms with van der Waals surface area (Å²) in [6.07, 6.45) is 1.40. The van der Waals surface area contributed by atoms with Crippen molar-refractivity contribution in [1.29, 1.82) is 0 Å². The predicted molar refractivity (Wildman–Crippen MR) is 121 cm³/mol. The van der Waals surface area contributed by atoms with E-state index in [-0.39, 0.29) is 17.9 Å². The number of hydrogen-bond acceptors (Lipinski definition) is 5. The van der Waals surface area contributed by atoms with E-state index in [0.717, 1.165) is 16.5 Å². The highest BCUT2D eigenvalue weighted by Crippen LogP contribution is 2.34. The number of nitrogens with one attached hydrogen (secondary N) is 1. The molecular weight excluding hydrogens is 410 g/mol. The number of carbonyl (C=O) groups excluding carboxylic acids is 1. The molecule has 0 aliphatic rings. The van der Waals surface area contributed by atoms with Crippen LogP contribution in [0.25, 0.3) is 33.1 Å². The molecule has 32 heavy (non-hydrogen) atoms. The van der Waals surface area contributed by atoms with Crippen LogP contribution in [0, 0.1) is 12.8 Å². The first-order valence-corrected chi connectivity index (χ1v) is 10.3. The number of amides is 1. The minimum atomic E-state index is -1.12. The highest BCUT2D eigenvalue weighted by atomic mass is 16.4. The molecule has 7 heteroatoms. The van der Waals surface area contributed by atoms with Crippen molar-refractivity contribution in [2.24, 2.45) is 5.92 Å². The number of aryl methyl sites for hydroxylation is 1. The zero-order valence-electron chi connectivity index (χ0n) is 18.0. The van der Waals surface area contributed by atoms with Gasteiger partial charge in [0.05, 0.1) is 18.2 Å². The molecule has 4 rings (SSSR count). The van der Waals surface area contributed by atoms with Crippen molar-refractivity contribution in [3.05, 3.63) is 70.3 Å². The van der Waals surface area contributed by atoms with Crippen LogP contribution in [-0.4, -0.2) is 23.0 Å². The van der Waals surface area contributed by atoms with Crippen molar-refractivity contribution < 1.29 is 23.5 Å². The summed E-state index contributed by atoms with van der Waals surface area (Å²) < 4.78 is 11.2. The van der Waals surface area contributed by atoms with Crippen molar-refractivity contribution in [3.63, 3.8) is 0 Å². The highest BCUT2D eigenvalue weighted by molar-refractivity contribution is 6.02. The van der Waals surface area contributed by atoms with Crippen molar-refractivity contribution in [3.8, 4) is 11.1 Å². The van der Waals surface area contributed by atoms with E-state index in [9.17, 15) is 19.5 Å². The van der Waals surface area contributed by atoms with Crippen LogP contribution in [0.3, 0.4) is 0 Å². The van der Waals surface area contributed by atoms with Gasteiger partial charge in [-0.3, -0.25) is 4.79 Å². The smallest absolute Gasteiger partial charge is 0.340 e. The number of aliphatic carboxylic acids is 1. The van der Waals surface area contributed by atoms with Crippen molar-refractivity contribution in [1.82, 2.24) is 5.32 Å². The maximum Gasteiger partial charge on any atom is 0.340 e. The van der Waals surface area contributed by atoms with E-state index >= 15 is 0 Å². The maximum atomic E-state index is 12.6. The van der Waals surface area contributed by atoms with Gasteiger partial charge in [0.1, 0.15) is 17.2 Å². The number of furan rings is 1. The molecular formula is C25H23NO6. The first kappa shape index (κ1) is 21.4. The molecule has 2 N–H and O–H groups in total. The number of benzene rings is 2. The van der Waals surface area contributed by atoms with Gasteiger partial charge < -0.3 is 19.3 Å². The molecule has 0 aliphatic heterocycles. The number of fused-ring (bicyclic) bond motifs is 2. The Hall–Kier alpha value is -3.87. The second-order valence-electron chi connectivity index (χ2n) is 8.16. The molecule has 0 saturated heterocycles. The van der Waals surface area contributed by atoms with Crippen molar-refractivity contribution >= 4 is 33.8 Å². The van der Waals surface area contributed by atoms with Gasteiger partial charge >= 0.3 is 11.6 Å². The Morgan fingerprint density at radius 3 is 2.44 bits per heavy atom. The lowest BCUT2D eigenvalue weighted by Crippen LogP contribution is -2.45. The summed E-state index contributed by atoms with van der Waals surface area (Å²) in [6.45, 7) is 5.16. The predicted octanol–water partition coefficient (Wildman–Crippen LogP) is 4.28. The minimum absolute atomic E-state index is 0.201. The summed E-state index contributed by atoms with van der Waals surface area (Å²) in [6, 6.07) is 12.3.